The smallest absolute Gasteiger partial charge is 0.138 e. The molecule has 1 heterocycles. The van der Waals surface area contributed by atoms with Gasteiger partial charge in [0.15, 0.2) is 0 Å². The maximum atomic E-state index is 9.29. The van der Waals surface area contributed by atoms with Crippen LogP contribution >= 0.6 is 0 Å². The predicted octanol–water partition coefficient (Wildman–Crippen LogP) is 0.0466. The van der Waals surface area contributed by atoms with Gasteiger partial charge in [-0.3, -0.25) is 4.98 Å². The quantitative estimate of drug-likeness (QED) is 0.582. The van der Waals surface area contributed by atoms with Gasteiger partial charge in [-0.15, -0.1) is 0 Å². The van der Waals surface area contributed by atoms with E-state index in [9.17, 15) is 5.11 Å². The average Bonchev–Trinajstić information content (AvgIpc) is 2.08. The van der Waals surface area contributed by atoms with Gasteiger partial charge in [-0.05, 0) is 6.92 Å². The fourth-order valence-electron chi connectivity index (χ4n) is 1.12. The number of rotatable bonds is 2. The van der Waals surface area contributed by atoms with E-state index in [1.807, 2.05) is 0 Å². The van der Waals surface area contributed by atoms with Crippen LogP contribution in [-0.2, 0) is 13.2 Å². The summed E-state index contributed by atoms with van der Waals surface area (Å²) in [6, 6.07) is 0. The molecule has 0 atom stereocenters. The number of hydrogen-bond acceptors (Lipinski definition) is 4. The first-order chi connectivity index (χ1) is 5.70. The van der Waals surface area contributed by atoms with Crippen LogP contribution in [0.5, 0.6) is 5.75 Å². The number of aromatic nitrogens is 1. The molecule has 0 aliphatic rings. The molecule has 0 spiro atoms. The van der Waals surface area contributed by atoms with Gasteiger partial charge in [-0.1, -0.05) is 0 Å². The Kier molecular flexibility index (Phi) is 2.62. The molecule has 0 aliphatic heterocycles. The van der Waals surface area contributed by atoms with Crippen LogP contribution in [0.15, 0.2) is 6.20 Å². The summed E-state index contributed by atoms with van der Waals surface area (Å²) in [6.45, 7) is 1.84. The zero-order valence-corrected chi connectivity index (χ0v) is 6.91. The third kappa shape index (κ3) is 1.39. The van der Waals surface area contributed by atoms with E-state index in [0.717, 1.165) is 0 Å². The van der Waals surface area contributed by atoms with E-state index in [1.165, 1.54) is 6.20 Å². The van der Waals surface area contributed by atoms with Gasteiger partial charge in [0.2, 0.25) is 0 Å². The summed E-state index contributed by atoms with van der Waals surface area (Å²) in [5, 5.41) is 18.2. The molecule has 1 aromatic rings. The molecule has 0 aliphatic carbocycles. The van der Waals surface area contributed by atoms with Crippen molar-refractivity contribution in [2.24, 2.45) is 5.73 Å². The second-order valence-corrected chi connectivity index (χ2v) is 2.55. The van der Waals surface area contributed by atoms with Gasteiger partial charge >= 0.3 is 0 Å². The highest BCUT2D eigenvalue weighted by atomic mass is 16.3. The lowest BCUT2D eigenvalue weighted by molar-refractivity contribution is 0.278. The Morgan fingerprint density at radius 3 is 2.58 bits per heavy atom. The molecule has 1 rings (SSSR count). The molecule has 4 nitrogen and oxygen atoms in total. The average molecular weight is 168 g/mol. The van der Waals surface area contributed by atoms with E-state index in [-0.39, 0.29) is 18.9 Å². The van der Waals surface area contributed by atoms with Crippen molar-refractivity contribution < 1.29 is 10.2 Å². The normalized spacial score (nSPS) is 10.2. The number of aryl methyl sites for hydroxylation is 1. The first-order valence-electron chi connectivity index (χ1n) is 3.68. The lowest BCUT2D eigenvalue weighted by Crippen LogP contribution is -2.05. The summed E-state index contributed by atoms with van der Waals surface area (Å²) in [6.07, 6.45) is 1.34. The minimum absolute atomic E-state index is 0.0483. The fraction of sp³-hybridized carbons (Fsp3) is 0.375. The zero-order valence-electron chi connectivity index (χ0n) is 6.91. The van der Waals surface area contributed by atoms with Gasteiger partial charge in [0.1, 0.15) is 5.75 Å². The number of hydrogen-bond donors (Lipinski definition) is 3. The minimum atomic E-state index is -0.139. The van der Waals surface area contributed by atoms with Crippen LogP contribution in [0.25, 0.3) is 0 Å². The Morgan fingerprint density at radius 1 is 1.50 bits per heavy atom. The van der Waals surface area contributed by atoms with E-state index >= 15 is 0 Å². The highest BCUT2D eigenvalue weighted by molar-refractivity contribution is 5.39. The molecule has 12 heavy (non-hydrogen) atoms. The van der Waals surface area contributed by atoms with Crippen LogP contribution in [-0.4, -0.2) is 15.2 Å². The fourth-order valence-corrected chi connectivity index (χ4v) is 1.12. The van der Waals surface area contributed by atoms with Crippen LogP contribution in [0.1, 0.15) is 16.8 Å². The Hall–Kier alpha value is -1.13. The highest BCUT2D eigenvalue weighted by Crippen LogP contribution is 2.21. The second kappa shape index (κ2) is 3.51. The number of nitrogens with zero attached hydrogens (tertiary/aromatic N) is 1. The van der Waals surface area contributed by atoms with Crippen molar-refractivity contribution >= 4 is 0 Å². The molecule has 66 valence electrons. The van der Waals surface area contributed by atoms with E-state index in [2.05, 4.69) is 4.98 Å². The van der Waals surface area contributed by atoms with Crippen molar-refractivity contribution in [3.05, 3.63) is 23.0 Å². The molecule has 0 amide bonds. The zero-order chi connectivity index (χ0) is 9.14. The van der Waals surface area contributed by atoms with Crippen LogP contribution < -0.4 is 5.73 Å². The number of pyridine rings is 1. The number of aliphatic hydroxyl groups excluding tert-OH is 1. The maximum absolute atomic E-state index is 9.29. The minimum Gasteiger partial charge on any atom is -0.506 e. The summed E-state index contributed by atoms with van der Waals surface area (Å²) < 4.78 is 0. The molecule has 0 saturated heterocycles. The van der Waals surface area contributed by atoms with Crippen LogP contribution in [0, 0.1) is 6.92 Å². The van der Waals surface area contributed by atoms with E-state index < -0.39 is 0 Å². The number of aromatic hydroxyl groups is 1. The molecule has 0 bridgehead atoms. The third-order valence-corrected chi connectivity index (χ3v) is 1.85. The van der Waals surface area contributed by atoms with Crippen molar-refractivity contribution in [2.45, 2.75) is 20.1 Å². The molecule has 0 saturated carbocycles. The van der Waals surface area contributed by atoms with Crippen LogP contribution in [0.4, 0.5) is 0 Å². The standard InChI is InChI=1S/C8H12N2O2/c1-5-7(4-11)6(2-9)8(12)3-10-5/h3,11-12H,2,4,9H2,1H3. The molecule has 0 aromatic carbocycles. The summed E-state index contributed by atoms with van der Waals surface area (Å²) >= 11 is 0. The van der Waals surface area contributed by atoms with Gasteiger partial charge in [0, 0.05) is 23.4 Å². The van der Waals surface area contributed by atoms with Gasteiger partial charge in [0.05, 0.1) is 12.8 Å². The molecule has 4 N–H and O–H groups in total. The monoisotopic (exact) mass is 168 g/mol. The van der Waals surface area contributed by atoms with E-state index in [4.69, 9.17) is 10.8 Å². The van der Waals surface area contributed by atoms with Gasteiger partial charge in [-0.2, -0.15) is 0 Å². The summed E-state index contributed by atoms with van der Waals surface area (Å²) in [5.41, 5.74) is 7.30. The van der Waals surface area contributed by atoms with Crippen molar-refractivity contribution in [3.63, 3.8) is 0 Å². The van der Waals surface area contributed by atoms with Crippen molar-refractivity contribution in [2.75, 3.05) is 0 Å². The highest BCUT2D eigenvalue weighted by Gasteiger charge is 2.08. The largest absolute Gasteiger partial charge is 0.506 e. The first-order valence-corrected chi connectivity index (χ1v) is 3.68. The summed E-state index contributed by atoms with van der Waals surface area (Å²) in [4.78, 5) is 3.89. The Balaban J connectivity index is 3.28. The molecule has 0 unspecified atom stereocenters. The number of nitrogens with two attached hydrogens (primary N) is 1. The molecule has 4 heteroatoms. The number of aliphatic hydroxyl groups is 1. The van der Waals surface area contributed by atoms with Gasteiger partial charge in [0.25, 0.3) is 0 Å². The lowest BCUT2D eigenvalue weighted by atomic mass is 10.1. The lowest BCUT2D eigenvalue weighted by Gasteiger charge is -2.08. The van der Waals surface area contributed by atoms with Crippen LogP contribution in [0.3, 0.4) is 0 Å². The SMILES string of the molecule is Cc1ncc(O)c(CN)c1CO. The third-order valence-electron chi connectivity index (χ3n) is 1.85. The van der Waals surface area contributed by atoms with E-state index in [0.29, 0.717) is 16.8 Å². The summed E-state index contributed by atoms with van der Waals surface area (Å²) in [5.74, 6) is 0.0483. The molecular weight excluding hydrogens is 156 g/mol. The Labute approximate surface area is 70.7 Å². The molecule has 0 fully saturated rings. The molecule has 1 aromatic heterocycles. The maximum Gasteiger partial charge on any atom is 0.138 e. The van der Waals surface area contributed by atoms with Crippen LogP contribution in [0.2, 0.25) is 0 Å². The second-order valence-electron chi connectivity index (χ2n) is 2.55. The Bertz CT molecular complexity index is 258. The first kappa shape index (κ1) is 8.96. The van der Waals surface area contributed by atoms with Gasteiger partial charge in [-0.25, -0.2) is 0 Å². The van der Waals surface area contributed by atoms with E-state index in [1.54, 1.807) is 6.92 Å². The molecular formula is C8H12N2O2. The van der Waals surface area contributed by atoms with Crippen molar-refractivity contribution in [1.82, 2.24) is 4.98 Å². The Morgan fingerprint density at radius 2 is 2.17 bits per heavy atom. The van der Waals surface area contributed by atoms with Crippen molar-refractivity contribution in [1.29, 1.82) is 0 Å². The predicted molar refractivity (Wildman–Crippen MR) is 44.5 cm³/mol. The molecule has 0 radical (unpaired) electrons. The summed E-state index contributed by atoms with van der Waals surface area (Å²) in [7, 11) is 0. The topological polar surface area (TPSA) is 79.4 Å². The van der Waals surface area contributed by atoms with Crippen molar-refractivity contribution in [3.8, 4) is 5.75 Å². The van der Waals surface area contributed by atoms with Gasteiger partial charge < -0.3 is 15.9 Å².